The lowest BCUT2D eigenvalue weighted by Gasteiger charge is -2.15. The predicted molar refractivity (Wildman–Crippen MR) is 97.2 cm³/mol. The van der Waals surface area contributed by atoms with Gasteiger partial charge in [-0.2, -0.15) is 0 Å². The topological polar surface area (TPSA) is 51.0 Å². The van der Waals surface area contributed by atoms with Crippen LogP contribution in [0, 0.1) is 0 Å². The van der Waals surface area contributed by atoms with Gasteiger partial charge >= 0.3 is 0 Å². The first-order valence-corrected chi connectivity index (χ1v) is 8.26. The fourth-order valence-corrected chi connectivity index (χ4v) is 2.92. The van der Waals surface area contributed by atoms with E-state index in [0.29, 0.717) is 0 Å². The third-order valence-electron chi connectivity index (χ3n) is 4.24. The minimum atomic E-state index is 0.127. The Kier molecular flexibility index (Phi) is 3.65. The average Bonchev–Trinajstić information content (AvgIpc) is 3.01. The van der Waals surface area contributed by atoms with Crippen LogP contribution >= 0.6 is 0 Å². The zero-order valence-corrected chi connectivity index (χ0v) is 13.8. The van der Waals surface area contributed by atoms with Gasteiger partial charge in [0.2, 0.25) is 0 Å². The molecule has 1 atom stereocenters. The average molecular weight is 317 g/mol. The Labute approximate surface area is 140 Å². The van der Waals surface area contributed by atoms with Crippen LogP contribution in [-0.4, -0.2) is 9.97 Å². The summed E-state index contributed by atoms with van der Waals surface area (Å²) in [6.07, 6.45) is 0.782. The van der Waals surface area contributed by atoms with E-state index >= 15 is 0 Å². The minimum Gasteiger partial charge on any atom is -0.450 e. The molecule has 0 radical (unpaired) electrons. The van der Waals surface area contributed by atoms with Crippen molar-refractivity contribution in [2.45, 2.75) is 26.3 Å². The van der Waals surface area contributed by atoms with E-state index in [4.69, 9.17) is 4.42 Å². The van der Waals surface area contributed by atoms with Gasteiger partial charge in [-0.05, 0) is 24.6 Å². The quantitative estimate of drug-likeness (QED) is 0.568. The molecule has 0 unspecified atom stereocenters. The highest BCUT2D eigenvalue weighted by Crippen LogP contribution is 2.32. The van der Waals surface area contributed by atoms with Crippen molar-refractivity contribution < 1.29 is 4.42 Å². The summed E-state index contributed by atoms with van der Waals surface area (Å²) in [5.74, 6) is 1.57. The molecule has 4 rings (SSSR count). The predicted octanol–water partition coefficient (Wildman–Crippen LogP) is 5.11. The van der Waals surface area contributed by atoms with Gasteiger partial charge in [-0.15, -0.1) is 0 Å². The number of rotatable bonds is 4. The van der Waals surface area contributed by atoms with Crippen LogP contribution in [0.25, 0.3) is 22.1 Å². The van der Waals surface area contributed by atoms with Gasteiger partial charge in [-0.1, -0.05) is 49.4 Å². The summed E-state index contributed by atoms with van der Waals surface area (Å²) in [6.45, 7) is 4.19. The maximum absolute atomic E-state index is 6.03. The molecule has 0 aliphatic rings. The van der Waals surface area contributed by atoms with E-state index in [2.05, 4.69) is 41.3 Å². The van der Waals surface area contributed by atoms with Crippen molar-refractivity contribution in [3.05, 3.63) is 66.0 Å². The Bertz CT molecular complexity index is 992. The molecule has 24 heavy (non-hydrogen) atoms. The van der Waals surface area contributed by atoms with Crippen LogP contribution in [0.5, 0.6) is 0 Å². The second-order valence-electron chi connectivity index (χ2n) is 5.89. The summed E-state index contributed by atoms with van der Waals surface area (Å²) in [5.41, 5.74) is 3.64. The van der Waals surface area contributed by atoms with E-state index in [9.17, 15) is 0 Å². The van der Waals surface area contributed by atoms with Crippen molar-refractivity contribution in [3.8, 4) is 0 Å². The number of hydrogen-bond acceptors (Lipinski definition) is 4. The lowest BCUT2D eigenvalue weighted by molar-refractivity contribution is 0.664. The summed E-state index contributed by atoms with van der Waals surface area (Å²) < 4.78 is 6.03. The summed E-state index contributed by atoms with van der Waals surface area (Å²) >= 11 is 0. The molecular formula is C20H19N3O. The number of nitrogens with one attached hydrogen (secondary N) is 1. The van der Waals surface area contributed by atoms with Crippen LogP contribution in [0.1, 0.15) is 31.3 Å². The largest absolute Gasteiger partial charge is 0.450 e. The molecule has 1 N–H and O–H groups in total. The van der Waals surface area contributed by atoms with Gasteiger partial charge in [0.05, 0.1) is 6.04 Å². The monoisotopic (exact) mass is 317 g/mol. The van der Waals surface area contributed by atoms with E-state index in [1.165, 1.54) is 5.56 Å². The molecule has 0 aliphatic heterocycles. The first-order chi connectivity index (χ1) is 11.8. The van der Waals surface area contributed by atoms with Crippen molar-refractivity contribution >= 4 is 27.9 Å². The molecular weight excluding hydrogens is 298 g/mol. The van der Waals surface area contributed by atoms with E-state index in [1.54, 1.807) is 0 Å². The highest BCUT2D eigenvalue weighted by Gasteiger charge is 2.17. The van der Waals surface area contributed by atoms with Crippen LogP contribution in [0.15, 0.2) is 59.0 Å². The molecule has 4 heteroatoms. The van der Waals surface area contributed by atoms with Crippen molar-refractivity contribution in [2.24, 2.45) is 0 Å². The maximum Gasteiger partial charge on any atom is 0.196 e. The molecule has 0 bridgehead atoms. The zero-order chi connectivity index (χ0) is 16.5. The van der Waals surface area contributed by atoms with Gasteiger partial charge in [0, 0.05) is 11.8 Å². The molecule has 0 amide bonds. The summed E-state index contributed by atoms with van der Waals surface area (Å²) in [7, 11) is 0. The first-order valence-electron chi connectivity index (χ1n) is 8.26. The van der Waals surface area contributed by atoms with E-state index in [-0.39, 0.29) is 6.04 Å². The van der Waals surface area contributed by atoms with Crippen LogP contribution < -0.4 is 5.32 Å². The first kappa shape index (κ1) is 14.7. The van der Waals surface area contributed by atoms with Crippen LogP contribution in [0.3, 0.4) is 0 Å². The molecule has 120 valence electrons. The summed E-state index contributed by atoms with van der Waals surface area (Å²) in [4.78, 5) is 9.34. The minimum absolute atomic E-state index is 0.127. The van der Waals surface area contributed by atoms with Crippen molar-refractivity contribution in [2.75, 3.05) is 5.32 Å². The van der Waals surface area contributed by atoms with Gasteiger partial charge in [-0.25, -0.2) is 9.97 Å². The highest BCUT2D eigenvalue weighted by atomic mass is 16.3. The lowest BCUT2D eigenvalue weighted by Crippen LogP contribution is -2.09. The second kappa shape index (κ2) is 5.96. The van der Waals surface area contributed by atoms with Crippen LogP contribution in [0.2, 0.25) is 0 Å². The number of para-hydroxylation sites is 1. The molecule has 4 nitrogen and oxygen atoms in total. The zero-order valence-electron chi connectivity index (χ0n) is 13.8. The Hall–Kier alpha value is -2.88. The smallest absolute Gasteiger partial charge is 0.196 e. The second-order valence-corrected chi connectivity index (χ2v) is 5.89. The third kappa shape index (κ3) is 2.50. The third-order valence-corrected chi connectivity index (χ3v) is 4.24. The van der Waals surface area contributed by atoms with E-state index in [0.717, 1.165) is 40.1 Å². The maximum atomic E-state index is 6.03. The standard InChI is InChI=1S/C20H19N3O/c1-3-17-22-18-15-11-7-8-12-16(15)24-19(18)20(23-17)21-13(2)14-9-5-4-6-10-14/h4-13H,3H2,1-2H3,(H,21,22,23)/t13-/m1/s1. The number of aromatic nitrogens is 2. The summed E-state index contributed by atoms with van der Waals surface area (Å²) in [6, 6.07) is 18.4. The van der Waals surface area contributed by atoms with E-state index in [1.807, 2.05) is 42.5 Å². The van der Waals surface area contributed by atoms with Gasteiger partial charge in [-0.3, -0.25) is 0 Å². The Morgan fingerprint density at radius 3 is 2.54 bits per heavy atom. The Balaban J connectivity index is 1.84. The molecule has 0 fully saturated rings. The number of furan rings is 1. The molecule has 0 saturated carbocycles. The van der Waals surface area contributed by atoms with Crippen LogP contribution in [-0.2, 0) is 6.42 Å². The molecule has 0 spiro atoms. The molecule has 0 saturated heterocycles. The molecule has 2 aromatic heterocycles. The molecule has 2 aromatic carbocycles. The molecule has 2 heterocycles. The van der Waals surface area contributed by atoms with Crippen LogP contribution in [0.4, 0.5) is 5.82 Å². The van der Waals surface area contributed by atoms with Gasteiger partial charge in [0.1, 0.15) is 16.9 Å². The highest BCUT2D eigenvalue weighted by molar-refractivity contribution is 6.05. The van der Waals surface area contributed by atoms with Gasteiger partial charge in [0.15, 0.2) is 11.4 Å². The SMILES string of the molecule is CCc1nc(N[C@H](C)c2ccccc2)c2oc3ccccc3c2n1. The van der Waals surface area contributed by atoms with Crippen molar-refractivity contribution in [1.82, 2.24) is 9.97 Å². The number of anilines is 1. The Morgan fingerprint density at radius 2 is 1.75 bits per heavy atom. The van der Waals surface area contributed by atoms with Gasteiger partial charge < -0.3 is 9.73 Å². The molecule has 0 aliphatic carbocycles. The molecule has 4 aromatic rings. The fourth-order valence-electron chi connectivity index (χ4n) is 2.92. The number of fused-ring (bicyclic) bond motifs is 3. The number of nitrogens with zero attached hydrogens (tertiary/aromatic N) is 2. The summed E-state index contributed by atoms with van der Waals surface area (Å²) in [5, 5.41) is 4.52. The number of aryl methyl sites for hydroxylation is 1. The lowest BCUT2D eigenvalue weighted by atomic mass is 10.1. The van der Waals surface area contributed by atoms with E-state index < -0.39 is 0 Å². The van der Waals surface area contributed by atoms with Crippen molar-refractivity contribution in [3.63, 3.8) is 0 Å². The van der Waals surface area contributed by atoms with Gasteiger partial charge in [0.25, 0.3) is 0 Å². The fraction of sp³-hybridized carbons (Fsp3) is 0.200. The normalized spacial score (nSPS) is 12.6. The number of hydrogen-bond donors (Lipinski definition) is 1. The Morgan fingerprint density at radius 1 is 1.00 bits per heavy atom. The number of benzene rings is 2. The van der Waals surface area contributed by atoms with Crippen molar-refractivity contribution in [1.29, 1.82) is 0 Å².